The summed E-state index contributed by atoms with van der Waals surface area (Å²) in [7, 11) is 0. The van der Waals surface area contributed by atoms with E-state index in [1.807, 2.05) is 17.0 Å². The summed E-state index contributed by atoms with van der Waals surface area (Å²) in [6, 6.07) is 3.86. The summed E-state index contributed by atoms with van der Waals surface area (Å²) in [6.45, 7) is 4.62. The maximum Gasteiger partial charge on any atom is 0.313 e. The van der Waals surface area contributed by atoms with Gasteiger partial charge in [0.05, 0.1) is 12.8 Å². The molecule has 0 bridgehead atoms. The van der Waals surface area contributed by atoms with E-state index in [4.69, 9.17) is 4.42 Å². The van der Waals surface area contributed by atoms with Crippen LogP contribution in [-0.4, -0.2) is 66.1 Å². The highest BCUT2D eigenvalue weighted by Crippen LogP contribution is 2.40. The van der Waals surface area contributed by atoms with E-state index in [0.29, 0.717) is 26.2 Å². The van der Waals surface area contributed by atoms with Crippen LogP contribution in [0.5, 0.6) is 0 Å². The van der Waals surface area contributed by atoms with Gasteiger partial charge in [-0.1, -0.05) is 0 Å². The van der Waals surface area contributed by atoms with Crippen LogP contribution >= 0.6 is 0 Å². The molecule has 4 heterocycles. The molecule has 7 nitrogen and oxygen atoms in total. The van der Waals surface area contributed by atoms with Crippen molar-refractivity contribution in [1.29, 1.82) is 0 Å². The van der Waals surface area contributed by atoms with Crippen molar-refractivity contribution >= 4 is 11.9 Å². The monoisotopic (exact) mass is 347 g/mol. The number of fused-ring (bicyclic) bond motifs is 1. The fourth-order valence-corrected chi connectivity index (χ4v) is 4.61. The smallest absolute Gasteiger partial charge is 0.313 e. The third-order valence-electron chi connectivity index (χ3n) is 6.16. The van der Waals surface area contributed by atoms with Gasteiger partial charge in [0.1, 0.15) is 11.2 Å². The maximum absolute atomic E-state index is 12.9. The van der Waals surface area contributed by atoms with E-state index in [1.165, 1.54) is 0 Å². The zero-order chi connectivity index (χ0) is 17.4. The first-order valence-corrected chi connectivity index (χ1v) is 9.06. The van der Waals surface area contributed by atoms with Crippen molar-refractivity contribution in [3.63, 3.8) is 0 Å². The number of carbonyl (C=O) groups excluding carboxylic acids is 1. The van der Waals surface area contributed by atoms with E-state index in [9.17, 15) is 14.7 Å². The molecule has 0 aromatic carbocycles. The molecule has 0 spiro atoms. The second kappa shape index (κ2) is 6.46. The molecule has 0 radical (unpaired) electrons. The quantitative estimate of drug-likeness (QED) is 0.831. The Hall–Kier alpha value is -1.86. The summed E-state index contributed by atoms with van der Waals surface area (Å²) in [5, 5.41) is 12.8. The summed E-state index contributed by atoms with van der Waals surface area (Å²) < 4.78 is 5.39. The van der Waals surface area contributed by atoms with Crippen LogP contribution in [0.25, 0.3) is 0 Å². The molecule has 25 heavy (non-hydrogen) atoms. The largest absolute Gasteiger partial charge is 0.481 e. The summed E-state index contributed by atoms with van der Waals surface area (Å²) in [6.07, 6.45) is 3.35. The SMILES string of the molecule is O=C(C1CCN(Cc2ccco2)CC1)N1C[C@H]2CNC[C@@]2(C(=O)O)C1. The van der Waals surface area contributed by atoms with Crippen LogP contribution < -0.4 is 5.32 Å². The first-order chi connectivity index (χ1) is 12.1. The number of aliphatic carboxylic acids is 1. The van der Waals surface area contributed by atoms with Crippen molar-refractivity contribution in [2.45, 2.75) is 19.4 Å². The van der Waals surface area contributed by atoms with Crippen LogP contribution in [0.2, 0.25) is 0 Å². The second-order valence-electron chi connectivity index (χ2n) is 7.64. The number of rotatable bonds is 4. The minimum Gasteiger partial charge on any atom is -0.481 e. The number of piperidine rings is 1. The van der Waals surface area contributed by atoms with Gasteiger partial charge in [-0.15, -0.1) is 0 Å². The second-order valence-corrected chi connectivity index (χ2v) is 7.64. The summed E-state index contributed by atoms with van der Waals surface area (Å²) in [5.74, 6) is 0.380. The van der Waals surface area contributed by atoms with Crippen LogP contribution in [0.3, 0.4) is 0 Å². The Bertz CT molecular complexity index is 639. The van der Waals surface area contributed by atoms with Gasteiger partial charge in [0, 0.05) is 38.0 Å². The number of amides is 1. The van der Waals surface area contributed by atoms with Gasteiger partial charge in [-0.25, -0.2) is 0 Å². The lowest BCUT2D eigenvalue weighted by Gasteiger charge is -2.33. The van der Waals surface area contributed by atoms with E-state index < -0.39 is 11.4 Å². The zero-order valence-electron chi connectivity index (χ0n) is 14.3. The molecule has 0 saturated carbocycles. The first-order valence-electron chi connectivity index (χ1n) is 9.06. The summed E-state index contributed by atoms with van der Waals surface area (Å²) in [5.41, 5.74) is -0.782. The molecule has 2 N–H and O–H groups in total. The van der Waals surface area contributed by atoms with Crippen molar-refractivity contribution in [3.05, 3.63) is 24.2 Å². The van der Waals surface area contributed by atoms with Crippen LogP contribution in [-0.2, 0) is 16.1 Å². The van der Waals surface area contributed by atoms with Crippen LogP contribution in [0.4, 0.5) is 0 Å². The Balaban J connectivity index is 1.33. The molecule has 0 unspecified atom stereocenters. The number of nitrogens with zero attached hydrogens (tertiary/aromatic N) is 2. The van der Waals surface area contributed by atoms with Crippen LogP contribution in [0, 0.1) is 17.3 Å². The molecule has 3 aliphatic heterocycles. The summed E-state index contributed by atoms with van der Waals surface area (Å²) in [4.78, 5) is 28.8. The molecule has 1 amide bonds. The minimum absolute atomic E-state index is 0.0190. The van der Waals surface area contributed by atoms with Gasteiger partial charge in [-0.3, -0.25) is 14.5 Å². The van der Waals surface area contributed by atoms with Gasteiger partial charge in [-0.2, -0.15) is 0 Å². The number of hydrogen-bond acceptors (Lipinski definition) is 5. The van der Waals surface area contributed by atoms with Crippen molar-refractivity contribution < 1.29 is 19.1 Å². The molecule has 3 fully saturated rings. The molecule has 2 atom stereocenters. The van der Waals surface area contributed by atoms with Gasteiger partial charge in [0.2, 0.25) is 5.91 Å². The number of carboxylic acids is 1. The van der Waals surface area contributed by atoms with E-state index in [1.54, 1.807) is 6.26 Å². The molecule has 1 aromatic rings. The molecule has 4 rings (SSSR count). The standard InChI is InChI=1S/C18H25N3O4/c22-16(21-9-14-8-19-11-18(14,12-21)17(23)24)13-3-5-20(6-4-13)10-15-2-1-7-25-15/h1-2,7,13-14,19H,3-6,8-12H2,(H,23,24)/t14-,18-/m1/s1. The van der Waals surface area contributed by atoms with Crippen LogP contribution in [0.1, 0.15) is 18.6 Å². The minimum atomic E-state index is -0.782. The van der Waals surface area contributed by atoms with Gasteiger partial charge in [0.25, 0.3) is 0 Å². The first kappa shape index (κ1) is 16.6. The third-order valence-corrected chi connectivity index (χ3v) is 6.16. The average molecular weight is 347 g/mol. The fourth-order valence-electron chi connectivity index (χ4n) is 4.61. The topological polar surface area (TPSA) is 86.0 Å². The maximum atomic E-state index is 12.9. The van der Waals surface area contributed by atoms with Crippen molar-refractivity contribution in [3.8, 4) is 0 Å². The normalized spacial score (nSPS) is 30.6. The zero-order valence-corrected chi connectivity index (χ0v) is 14.3. The molecule has 0 aliphatic carbocycles. The molecule has 7 heteroatoms. The number of carboxylic acid groups (broad SMARTS) is 1. The average Bonchev–Trinajstić information content (AvgIpc) is 3.30. The van der Waals surface area contributed by atoms with E-state index in [-0.39, 0.29) is 17.7 Å². The van der Waals surface area contributed by atoms with Crippen molar-refractivity contribution in [1.82, 2.24) is 15.1 Å². The lowest BCUT2D eigenvalue weighted by Crippen LogP contribution is -2.44. The lowest BCUT2D eigenvalue weighted by atomic mass is 9.81. The predicted molar refractivity (Wildman–Crippen MR) is 89.7 cm³/mol. The molecule has 3 aliphatic rings. The Kier molecular flexibility index (Phi) is 4.29. The Morgan fingerprint density at radius 1 is 1.36 bits per heavy atom. The highest BCUT2D eigenvalue weighted by molar-refractivity contribution is 5.83. The number of hydrogen-bond donors (Lipinski definition) is 2. The van der Waals surface area contributed by atoms with Crippen LogP contribution in [0.15, 0.2) is 22.8 Å². The van der Waals surface area contributed by atoms with E-state index in [2.05, 4.69) is 10.2 Å². The number of nitrogens with one attached hydrogen (secondary N) is 1. The number of furan rings is 1. The predicted octanol–water partition coefficient (Wildman–Crippen LogP) is 0.624. The third kappa shape index (κ3) is 2.95. The van der Waals surface area contributed by atoms with E-state index >= 15 is 0 Å². The highest BCUT2D eigenvalue weighted by Gasteiger charge is 2.56. The molecule has 3 saturated heterocycles. The molecular formula is C18H25N3O4. The Morgan fingerprint density at radius 2 is 2.16 bits per heavy atom. The number of likely N-dealkylation sites (tertiary alicyclic amines) is 2. The van der Waals surface area contributed by atoms with Crippen molar-refractivity contribution in [2.24, 2.45) is 17.3 Å². The van der Waals surface area contributed by atoms with Gasteiger partial charge in [-0.05, 0) is 38.1 Å². The van der Waals surface area contributed by atoms with Gasteiger partial charge in [0.15, 0.2) is 0 Å². The summed E-state index contributed by atoms with van der Waals surface area (Å²) >= 11 is 0. The van der Waals surface area contributed by atoms with Gasteiger partial charge < -0.3 is 19.7 Å². The highest BCUT2D eigenvalue weighted by atomic mass is 16.4. The van der Waals surface area contributed by atoms with Crippen molar-refractivity contribution in [2.75, 3.05) is 39.3 Å². The van der Waals surface area contributed by atoms with E-state index in [0.717, 1.165) is 38.2 Å². The van der Waals surface area contributed by atoms with Gasteiger partial charge >= 0.3 is 5.97 Å². The fraction of sp³-hybridized carbons (Fsp3) is 0.667. The Morgan fingerprint density at radius 3 is 2.80 bits per heavy atom. The molecule has 1 aromatic heterocycles. The Labute approximate surface area is 147 Å². The molecule has 136 valence electrons. The molecular weight excluding hydrogens is 322 g/mol. The number of carbonyl (C=O) groups is 2. The lowest BCUT2D eigenvalue weighted by molar-refractivity contribution is -0.149.